The number of aliphatic carboxylic acids is 1. The van der Waals surface area contributed by atoms with Crippen molar-refractivity contribution in [2.75, 3.05) is 13.1 Å². The number of hydrogen-bond donors (Lipinski definition) is 1. The summed E-state index contributed by atoms with van der Waals surface area (Å²) >= 11 is 0. The molecular formula is C19H18FNO4. The van der Waals surface area contributed by atoms with E-state index in [-0.39, 0.29) is 19.7 Å². The summed E-state index contributed by atoms with van der Waals surface area (Å²) in [6.07, 6.45) is -0.561. The van der Waals surface area contributed by atoms with E-state index in [4.69, 9.17) is 4.74 Å². The van der Waals surface area contributed by atoms with Crippen LogP contribution >= 0.6 is 0 Å². The Balaban J connectivity index is 1.69. The summed E-state index contributed by atoms with van der Waals surface area (Å²) in [6, 6.07) is 15.1. The lowest BCUT2D eigenvalue weighted by Crippen LogP contribution is -2.30. The third-order valence-corrected chi connectivity index (χ3v) is 4.38. The Morgan fingerprint density at radius 1 is 1.12 bits per heavy atom. The van der Waals surface area contributed by atoms with E-state index in [1.54, 1.807) is 12.1 Å². The van der Waals surface area contributed by atoms with E-state index in [0.29, 0.717) is 5.56 Å². The molecule has 130 valence electrons. The van der Waals surface area contributed by atoms with Gasteiger partial charge in [-0.15, -0.1) is 0 Å². The predicted molar refractivity (Wildman–Crippen MR) is 88.5 cm³/mol. The van der Waals surface area contributed by atoms with Crippen molar-refractivity contribution in [1.82, 2.24) is 4.90 Å². The second-order valence-corrected chi connectivity index (χ2v) is 6.05. The molecule has 1 aliphatic heterocycles. The van der Waals surface area contributed by atoms with Gasteiger partial charge in [0.2, 0.25) is 0 Å². The number of halogens is 1. The molecule has 1 heterocycles. The van der Waals surface area contributed by atoms with Gasteiger partial charge in [-0.25, -0.2) is 9.18 Å². The Labute approximate surface area is 144 Å². The smallest absolute Gasteiger partial charge is 0.410 e. The van der Waals surface area contributed by atoms with Gasteiger partial charge in [0.05, 0.1) is 5.92 Å². The van der Waals surface area contributed by atoms with Gasteiger partial charge in [-0.2, -0.15) is 0 Å². The predicted octanol–water partition coefficient (Wildman–Crippen LogP) is 3.26. The molecule has 5 nitrogen and oxygen atoms in total. The van der Waals surface area contributed by atoms with E-state index >= 15 is 0 Å². The van der Waals surface area contributed by atoms with E-state index in [1.807, 2.05) is 30.3 Å². The van der Waals surface area contributed by atoms with Gasteiger partial charge in [0.25, 0.3) is 0 Å². The molecule has 0 aromatic heterocycles. The fourth-order valence-corrected chi connectivity index (χ4v) is 3.09. The summed E-state index contributed by atoms with van der Waals surface area (Å²) < 4.78 is 18.7. The molecule has 1 fully saturated rings. The largest absolute Gasteiger partial charge is 0.481 e. The normalized spacial score (nSPS) is 19.6. The minimum absolute atomic E-state index is 0.0458. The number of amides is 1. The number of carbonyl (C=O) groups is 2. The van der Waals surface area contributed by atoms with Crippen LogP contribution in [0.25, 0.3) is 0 Å². The zero-order chi connectivity index (χ0) is 17.8. The highest BCUT2D eigenvalue weighted by Gasteiger charge is 2.41. The minimum atomic E-state index is -1.01. The van der Waals surface area contributed by atoms with Crippen molar-refractivity contribution in [3.8, 4) is 0 Å². The Kier molecular flexibility index (Phi) is 4.97. The maximum atomic E-state index is 13.5. The number of carboxylic acid groups (broad SMARTS) is 1. The van der Waals surface area contributed by atoms with E-state index < -0.39 is 29.7 Å². The average Bonchev–Trinajstić information content (AvgIpc) is 3.06. The number of nitrogens with zero attached hydrogens (tertiary/aromatic N) is 1. The molecule has 0 saturated carbocycles. The molecule has 0 unspecified atom stereocenters. The number of likely N-dealkylation sites (tertiary alicyclic amines) is 1. The maximum Gasteiger partial charge on any atom is 0.410 e. The Morgan fingerprint density at radius 3 is 2.56 bits per heavy atom. The molecular weight excluding hydrogens is 325 g/mol. The van der Waals surface area contributed by atoms with Gasteiger partial charge in [-0.1, -0.05) is 42.5 Å². The number of carbonyl (C=O) groups excluding carboxylic acids is 1. The standard InChI is InChI=1S/C19H18FNO4/c20-15-8-4-7-14(9-15)16-10-21(11-17(16)18(22)23)19(24)25-12-13-5-2-1-3-6-13/h1-9,16-17H,10-12H2,(H,22,23)/t16-,17-/m1/s1. The topological polar surface area (TPSA) is 66.8 Å². The molecule has 3 rings (SSSR count). The van der Waals surface area contributed by atoms with Crippen LogP contribution in [-0.2, 0) is 16.1 Å². The molecule has 1 amide bonds. The van der Waals surface area contributed by atoms with Crippen molar-refractivity contribution in [2.45, 2.75) is 12.5 Å². The second kappa shape index (κ2) is 7.34. The highest BCUT2D eigenvalue weighted by molar-refractivity contribution is 5.75. The van der Waals surface area contributed by atoms with Crippen LogP contribution in [0.2, 0.25) is 0 Å². The van der Waals surface area contributed by atoms with Crippen molar-refractivity contribution >= 4 is 12.1 Å². The van der Waals surface area contributed by atoms with Gasteiger partial charge in [0.15, 0.2) is 0 Å². The molecule has 0 bridgehead atoms. The summed E-state index contributed by atoms with van der Waals surface area (Å²) in [5.41, 5.74) is 1.43. The van der Waals surface area contributed by atoms with E-state index in [2.05, 4.69) is 0 Å². The van der Waals surface area contributed by atoms with Crippen molar-refractivity contribution in [2.24, 2.45) is 5.92 Å². The molecule has 1 saturated heterocycles. The van der Waals surface area contributed by atoms with Crippen molar-refractivity contribution in [3.63, 3.8) is 0 Å². The van der Waals surface area contributed by atoms with Crippen LogP contribution in [0, 0.1) is 11.7 Å². The van der Waals surface area contributed by atoms with Gasteiger partial charge >= 0.3 is 12.1 Å². The second-order valence-electron chi connectivity index (χ2n) is 6.05. The first kappa shape index (κ1) is 17.0. The molecule has 1 N–H and O–H groups in total. The average molecular weight is 343 g/mol. The first-order valence-corrected chi connectivity index (χ1v) is 7.98. The highest BCUT2D eigenvalue weighted by atomic mass is 19.1. The summed E-state index contributed by atoms with van der Waals surface area (Å²) in [4.78, 5) is 25.2. The monoisotopic (exact) mass is 343 g/mol. The quantitative estimate of drug-likeness (QED) is 0.925. The van der Waals surface area contributed by atoms with Crippen molar-refractivity contribution < 1.29 is 23.8 Å². The SMILES string of the molecule is O=C(O)[C@@H]1CN(C(=O)OCc2ccccc2)C[C@@H]1c1cccc(F)c1. The molecule has 2 aromatic rings. The number of carboxylic acids is 1. The lowest BCUT2D eigenvalue weighted by atomic mass is 9.89. The van der Waals surface area contributed by atoms with Crippen LogP contribution in [0.3, 0.4) is 0 Å². The highest BCUT2D eigenvalue weighted by Crippen LogP contribution is 2.33. The molecule has 25 heavy (non-hydrogen) atoms. The molecule has 1 aliphatic rings. The zero-order valence-electron chi connectivity index (χ0n) is 13.5. The van der Waals surface area contributed by atoms with Crippen molar-refractivity contribution in [3.05, 3.63) is 71.5 Å². The van der Waals surface area contributed by atoms with Gasteiger partial charge in [-0.3, -0.25) is 4.79 Å². The van der Waals surface area contributed by atoms with Crippen LogP contribution in [0.5, 0.6) is 0 Å². The number of rotatable bonds is 4. The van der Waals surface area contributed by atoms with E-state index in [1.165, 1.54) is 17.0 Å². The molecule has 0 aliphatic carbocycles. The zero-order valence-corrected chi connectivity index (χ0v) is 13.5. The summed E-state index contributed by atoms with van der Waals surface area (Å²) in [7, 11) is 0. The van der Waals surface area contributed by atoms with Crippen LogP contribution in [0.1, 0.15) is 17.0 Å². The minimum Gasteiger partial charge on any atom is -0.481 e. The Morgan fingerprint density at radius 2 is 1.88 bits per heavy atom. The fourth-order valence-electron chi connectivity index (χ4n) is 3.09. The number of benzene rings is 2. The number of hydrogen-bond acceptors (Lipinski definition) is 3. The summed E-state index contributed by atoms with van der Waals surface area (Å²) in [5, 5.41) is 9.45. The molecule has 6 heteroatoms. The van der Waals surface area contributed by atoms with Gasteiger partial charge in [-0.05, 0) is 23.3 Å². The third kappa shape index (κ3) is 3.96. The number of ether oxygens (including phenoxy) is 1. The lowest BCUT2D eigenvalue weighted by molar-refractivity contribution is -0.141. The molecule has 0 spiro atoms. The van der Waals surface area contributed by atoms with Crippen LogP contribution in [0.4, 0.5) is 9.18 Å². The van der Waals surface area contributed by atoms with Gasteiger partial charge in [0, 0.05) is 19.0 Å². The summed E-state index contributed by atoms with van der Waals surface area (Å²) in [5.74, 6) is -2.68. The van der Waals surface area contributed by atoms with E-state index in [0.717, 1.165) is 5.56 Å². The first-order chi connectivity index (χ1) is 12.0. The van der Waals surface area contributed by atoms with Crippen LogP contribution in [-0.4, -0.2) is 35.2 Å². The molecule has 2 atom stereocenters. The molecule has 0 radical (unpaired) electrons. The lowest BCUT2D eigenvalue weighted by Gasteiger charge is -2.16. The summed E-state index contributed by atoms with van der Waals surface area (Å²) in [6.45, 7) is 0.358. The van der Waals surface area contributed by atoms with Crippen molar-refractivity contribution in [1.29, 1.82) is 0 Å². The van der Waals surface area contributed by atoms with Gasteiger partial charge < -0.3 is 14.7 Å². The maximum absolute atomic E-state index is 13.5. The van der Waals surface area contributed by atoms with E-state index in [9.17, 15) is 19.1 Å². The molecule has 2 aromatic carbocycles. The van der Waals surface area contributed by atoms with Crippen LogP contribution < -0.4 is 0 Å². The Bertz CT molecular complexity index is 765. The third-order valence-electron chi connectivity index (χ3n) is 4.38. The first-order valence-electron chi connectivity index (χ1n) is 7.98. The van der Waals surface area contributed by atoms with Crippen LogP contribution in [0.15, 0.2) is 54.6 Å². The fraction of sp³-hybridized carbons (Fsp3) is 0.263. The van der Waals surface area contributed by atoms with Gasteiger partial charge in [0.1, 0.15) is 12.4 Å². The Hall–Kier alpha value is -2.89.